The Labute approximate surface area is 174 Å². The topological polar surface area (TPSA) is 93.7 Å². The van der Waals surface area contributed by atoms with Crippen LogP contribution in [0.2, 0.25) is 0 Å². The Balaban J connectivity index is 1.77. The Morgan fingerprint density at radius 1 is 1.07 bits per heavy atom. The molecule has 2 N–H and O–H groups in total. The number of nitrogens with one attached hydrogen (secondary N) is 2. The van der Waals surface area contributed by atoms with E-state index >= 15 is 0 Å². The van der Waals surface area contributed by atoms with Crippen molar-refractivity contribution in [1.82, 2.24) is 10.0 Å². The summed E-state index contributed by atoms with van der Waals surface area (Å²) in [6, 6.07) is 5.64. The van der Waals surface area contributed by atoms with E-state index in [-0.39, 0.29) is 17.9 Å². The lowest BCUT2D eigenvalue weighted by Crippen LogP contribution is -2.46. The second kappa shape index (κ2) is 9.80. The molecule has 1 aromatic rings. The fourth-order valence-corrected chi connectivity index (χ4v) is 4.41. The van der Waals surface area contributed by atoms with Crippen LogP contribution in [0, 0.1) is 5.92 Å². The van der Waals surface area contributed by atoms with Gasteiger partial charge in [-0.25, -0.2) is 13.1 Å². The minimum atomic E-state index is -3.36. The average molecular weight is 427 g/mol. The third kappa shape index (κ3) is 6.34. The van der Waals surface area contributed by atoms with E-state index in [1.54, 1.807) is 35.0 Å². The second-order valence-corrected chi connectivity index (χ2v) is 11.0. The smallest absolute Gasteiger partial charge is 0.223 e. The first-order chi connectivity index (χ1) is 13.6. The number of ether oxygens (including phenoxy) is 2. The van der Waals surface area contributed by atoms with Gasteiger partial charge in [0.25, 0.3) is 0 Å². The molecule has 0 unspecified atom stereocenters. The van der Waals surface area contributed by atoms with Gasteiger partial charge in [-0.1, -0.05) is 6.07 Å². The van der Waals surface area contributed by atoms with Gasteiger partial charge < -0.3 is 14.8 Å². The van der Waals surface area contributed by atoms with Crippen LogP contribution in [0.4, 0.5) is 0 Å². The van der Waals surface area contributed by atoms with E-state index in [2.05, 4.69) is 10.0 Å². The zero-order valence-electron chi connectivity index (χ0n) is 18.1. The van der Waals surface area contributed by atoms with E-state index in [1.165, 1.54) is 0 Å². The maximum absolute atomic E-state index is 12.5. The highest BCUT2D eigenvalue weighted by Crippen LogP contribution is 2.28. The van der Waals surface area contributed by atoms with Crippen molar-refractivity contribution in [2.45, 2.75) is 63.7 Å². The van der Waals surface area contributed by atoms with Gasteiger partial charge in [0.05, 0.1) is 19.0 Å². The summed E-state index contributed by atoms with van der Waals surface area (Å²) in [5, 5.41) is 3.00. The number of rotatable bonds is 8. The zero-order chi connectivity index (χ0) is 21.7. The predicted octanol–water partition coefficient (Wildman–Crippen LogP) is 2.64. The number of carbonyl (C=O) groups is 1. The first kappa shape index (κ1) is 23.5. The van der Waals surface area contributed by atoms with Crippen molar-refractivity contribution in [1.29, 1.82) is 0 Å². The molecule has 0 aromatic heterocycles. The monoisotopic (exact) mass is 426 g/mol. The van der Waals surface area contributed by atoms with Crippen LogP contribution in [0.3, 0.4) is 0 Å². The molecule has 164 valence electrons. The molecule has 1 fully saturated rings. The van der Waals surface area contributed by atoms with Crippen molar-refractivity contribution >= 4 is 15.9 Å². The molecule has 0 spiro atoms. The molecule has 0 saturated heterocycles. The summed E-state index contributed by atoms with van der Waals surface area (Å²) in [5.74, 6) is 1.34. The second-order valence-electron chi connectivity index (χ2n) is 8.51. The van der Waals surface area contributed by atoms with Gasteiger partial charge in [-0.15, -0.1) is 0 Å². The number of amides is 1. The van der Waals surface area contributed by atoms with Crippen molar-refractivity contribution in [3.05, 3.63) is 23.8 Å². The lowest BCUT2D eigenvalue weighted by atomic mass is 9.86. The molecular weight excluding hydrogens is 392 g/mol. The van der Waals surface area contributed by atoms with Crippen LogP contribution >= 0.6 is 0 Å². The molecular formula is C21H34N2O5S. The first-order valence-corrected chi connectivity index (χ1v) is 11.6. The van der Waals surface area contributed by atoms with Gasteiger partial charge in [-0.2, -0.15) is 0 Å². The van der Waals surface area contributed by atoms with Gasteiger partial charge in [-0.3, -0.25) is 4.79 Å². The standard InChI is InChI=1S/C21H34N2O5S/c1-21(2,3)29(25,26)23-17-9-7-16(8-10-17)20(24)22-13-12-15-6-11-18(27-4)19(14-15)28-5/h6,11,14,16-17,23H,7-10,12-13H2,1-5H3,(H,22,24)/t16-,17-. The summed E-state index contributed by atoms with van der Waals surface area (Å²) < 4.78 is 37.1. The third-order valence-electron chi connectivity index (χ3n) is 5.39. The number of sulfonamides is 1. The summed E-state index contributed by atoms with van der Waals surface area (Å²) in [4.78, 5) is 12.5. The molecule has 8 heteroatoms. The van der Waals surface area contributed by atoms with E-state index in [4.69, 9.17) is 9.47 Å². The number of hydrogen-bond donors (Lipinski definition) is 2. The molecule has 7 nitrogen and oxygen atoms in total. The van der Waals surface area contributed by atoms with Crippen LogP contribution in [-0.4, -0.2) is 45.9 Å². The molecule has 29 heavy (non-hydrogen) atoms. The van der Waals surface area contributed by atoms with Crippen LogP contribution in [0.5, 0.6) is 11.5 Å². The molecule has 1 aromatic carbocycles. The Bertz CT molecular complexity index is 794. The van der Waals surface area contributed by atoms with Crippen LogP contribution < -0.4 is 19.5 Å². The van der Waals surface area contributed by atoms with E-state index < -0.39 is 14.8 Å². The maximum Gasteiger partial charge on any atom is 0.223 e. The van der Waals surface area contributed by atoms with Gasteiger partial charge in [0.2, 0.25) is 15.9 Å². The molecule has 1 amide bonds. The van der Waals surface area contributed by atoms with Crippen LogP contribution in [0.15, 0.2) is 18.2 Å². The molecule has 0 radical (unpaired) electrons. The summed E-state index contributed by atoms with van der Waals surface area (Å²) in [6.45, 7) is 5.61. The molecule has 0 aliphatic heterocycles. The van der Waals surface area contributed by atoms with E-state index in [1.807, 2.05) is 18.2 Å². The number of methoxy groups -OCH3 is 2. The lowest BCUT2D eigenvalue weighted by Gasteiger charge is -2.30. The molecule has 1 aliphatic carbocycles. The Morgan fingerprint density at radius 2 is 1.69 bits per heavy atom. The quantitative estimate of drug-likeness (QED) is 0.667. The number of carbonyl (C=O) groups excluding carboxylic acids is 1. The lowest BCUT2D eigenvalue weighted by molar-refractivity contribution is -0.125. The van der Waals surface area contributed by atoms with Gasteiger partial charge in [0.1, 0.15) is 0 Å². The summed E-state index contributed by atoms with van der Waals surface area (Å²) in [6.07, 6.45) is 3.46. The molecule has 2 rings (SSSR count). The van der Waals surface area contributed by atoms with E-state index in [0.29, 0.717) is 50.1 Å². The average Bonchev–Trinajstić information content (AvgIpc) is 2.67. The van der Waals surface area contributed by atoms with Crippen LogP contribution in [-0.2, 0) is 21.2 Å². The van der Waals surface area contributed by atoms with Gasteiger partial charge >= 0.3 is 0 Å². The van der Waals surface area contributed by atoms with Crippen molar-refractivity contribution in [2.75, 3.05) is 20.8 Å². The molecule has 0 heterocycles. The Kier molecular flexibility index (Phi) is 7.94. The number of benzene rings is 1. The highest BCUT2D eigenvalue weighted by molar-refractivity contribution is 7.90. The Morgan fingerprint density at radius 3 is 2.24 bits per heavy atom. The summed E-state index contributed by atoms with van der Waals surface area (Å²) in [5.41, 5.74) is 1.06. The summed E-state index contributed by atoms with van der Waals surface area (Å²) >= 11 is 0. The minimum Gasteiger partial charge on any atom is -0.493 e. The van der Waals surface area contributed by atoms with Crippen molar-refractivity contribution in [3.63, 3.8) is 0 Å². The van der Waals surface area contributed by atoms with Crippen molar-refractivity contribution < 1.29 is 22.7 Å². The molecule has 0 bridgehead atoms. The largest absolute Gasteiger partial charge is 0.493 e. The third-order valence-corrected chi connectivity index (χ3v) is 7.64. The van der Waals surface area contributed by atoms with Crippen LogP contribution in [0.25, 0.3) is 0 Å². The highest BCUT2D eigenvalue weighted by Gasteiger charge is 2.33. The van der Waals surface area contributed by atoms with Crippen LogP contribution in [0.1, 0.15) is 52.0 Å². The minimum absolute atomic E-state index is 0.0441. The predicted molar refractivity (Wildman–Crippen MR) is 114 cm³/mol. The van der Waals surface area contributed by atoms with Gasteiger partial charge in [0.15, 0.2) is 11.5 Å². The molecule has 1 saturated carbocycles. The fraction of sp³-hybridized carbons (Fsp3) is 0.667. The Hall–Kier alpha value is -1.80. The number of hydrogen-bond acceptors (Lipinski definition) is 5. The highest BCUT2D eigenvalue weighted by atomic mass is 32.2. The van der Waals surface area contributed by atoms with Crippen molar-refractivity contribution in [3.8, 4) is 11.5 Å². The van der Waals surface area contributed by atoms with Gasteiger partial charge in [0, 0.05) is 18.5 Å². The van der Waals surface area contributed by atoms with E-state index in [0.717, 1.165) is 5.56 Å². The molecule has 1 aliphatic rings. The maximum atomic E-state index is 12.5. The SMILES string of the molecule is COc1ccc(CCNC(=O)[C@H]2CC[C@H](NS(=O)(=O)C(C)(C)C)CC2)cc1OC. The first-order valence-electron chi connectivity index (χ1n) is 10.1. The summed E-state index contributed by atoms with van der Waals surface area (Å²) in [7, 11) is -0.164. The van der Waals surface area contributed by atoms with Gasteiger partial charge in [-0.05, 0) is 70.6 Å². The zero-order valence-corrected chi connectivity index (χ0v) is 18.9. The molecule has 0 atom stereocenters. The normalized spacial score (nSPS) is 20.2. The van der Waals surface area contributed by atoms with Crippen molar-refractivity contribution in [2.24, 2.45) is 5.92 Å². The van der Waals surface area contributed by atoms with E-state index in [9.17, 15) is 13.2 Å². The fourth-order valence-electron chi connectivity index (χ4n) is 3.38.